The molecule has 1 aliphatic rings. The first kappa shape index (κ1) is 16.4. The van der Waals surface area contributed by atoms with Gasteiger partial charge in [-0.15, -0.1) is 0 Å². The Morgan fingerprint density at radius 2 is 2.21 bits per heavy atom. The Hall–Kier alpha value is -2.50. The van der Waals surface area contributed by atoms with Crippen LogP contribution in [0.4, 0.5) is 0 Å². The van der Waals surface area contributed by atoms with Crippen LogP contribution in [0.1, 0.15) is 46.7 Å². The topological polar surface area (TPSA) is 79.0 Å². The van der Waals surface area contributed by atoms with Gasteiger partial charge in [-0.1, -0.05) is 0 Å². The zero-order chi connectivity index (χ0) is 17.1. The van der Waals surface area contributed by atoms with Gasteiger partial charge in [0.05, 0.1) is 0 Å². The number of pyridine rings is 1. The van der Waals surface area contributed by atoms with Crippen LogP contribution in [0, 0.1) is 13.8 Å². The summed E-state index contributed by atoms with van der Waals surface area (Å²) in [4.78, 5) is 36.7. The molecule has 0 spiro atoms. The van der Waals surface area contributed by atoms with E-state index >= 15 is 0 Å². The van der Waals surface area contributed by atoms with Crippen molar-refractivity contribution in [3.8, 4) is 0 Å². The zero-order valence-corrected chi connectivity index (χ0v) is 14.1. The summed E-state index contributed by atoms with van der Waals surface area (Å²) in [5, 5.41) is 0. The summed E-state index contributed by atoms with van der Waals surface area (Å²) in [6, 6.07) is 5.96. The van der Waals surface area contributed by atoms with E-state index in [9.17, 15) is 9.59 Å². The van der Waals surface area contributed by atoms with Crippen LogP contribution in [0.25, 0.3) is 0 Å². The smallest absolute Gasteiger partial charge is 0.334 e. The van der Waals surface area contributed by atoms with Crippen LogP contribution in [0.15, 0.2) is 29.2 Å². The minimum absolute atomic E-state index is 0.141. The molecule has 1 amide bonds. The fourth-order valence-electron chi connectivity index (χ4n) is 3.33. The number of aryl methyl sites for hydroxylation is 3. The molecule has 2 aromatic heterocycles. The lowest BCUT2D eigenvalue weighted by molar-refractivity contribution is 0.0724. The van der Waals surface area contributed by atoms with Gasteiger partial charge < -0.3 is 9.88 Å². The SMILES string of the molecule is Cc1cc(CC[C@@H]2CCCN2C(=O)c2cc(C)[nH]c(=O)n2)ccn1. The molecule has 1 saturated heterocycles. The van der Waals surface area contributed by atoms with Crippen molar-refractivity contribution < 1.29 is 4.79 Å². The normalized spacial score (nSPS) is 17.2. The molecule has 3 rings (SSSR count). The Morgan fingerprint density at radius 1 is 1.38 bits per heavy atom. The molecular formula is C18H22N4O2. The van der Waals surface area contributed by atoms with Gasteiger partial charge in [0, 0.05) is 30.2 Å². The summed E-state index contributed by atoms with van der Waals surface area (Å²) in [5.41, 5.74) is 2.67. The zero-order valence-electron chi connectivity index (χ0n) is 14.1. The molecule has 1 aliphatic heterocycles. The first-order valence-corrected chi connectivity index (χ1v) is 8.33. The Balaban J connectivity index is 1.70. The molecule has 0 bridgehead atoms. The fraction of sp³-hybridized carbons (Fsp3) is 0.444. The Morgan fingerprint density at radius 3 is 2.96 bits per heavy atom. The highest BCUT2D eigenvalue weighted by Gasteiger charge is 2.30. The molecule has 6 nitrogen and oxygen atoms in total. The number of carbonyl (C=O) groups is 1. The quantitative estimate of drug-likeness (QED) is 0.932. The van der Waals surface area contributed by atoms with Crippen LogP contribution in [-0.2, 0) is 6.42 Å². The second-order valence-electron chi connectivity index (χ2n) is 6.39. The number of hydrogen-bond acceptors (Lipinski definition) is 4. The highest BCUT2D eigenvalue weighted by atomic mass is 16.2. The van der Waals surface area contributed by atoms with Crippen LogP contribution < -0.4 is 5.69 Å². The molecule has 1 N–H and O–H groups in total. The lowest BCUT2D eigenvalue weighted by Crippen LogP contribution is -2.37. The molecular weight excluding hydrogens is 304 g/mol. The van der Waals surface area contributed by atoms with E-state index in [1.807, 2.05) is 24.1 Å². The average molecular weight is 326 g/mol. The van der Waals surface area contributed by atoms with Crippen molar-refractivity contribution in [1.29, 1.82) is 0 Å². The van der Waals surface area contributed by atoms with Gasteiger partial charge >= 0.3 is 5.69 Å². The van der Waals surface area contributed by atoms with Gasteiger partial charge in [0.2, 0.25) is 0 Å². The summed E-state index contributed by atoms with van der Waals surface area (Å²) < 4.78 is 0. The van der Waals surface area contributed by atoms with E-state index in [4.69, 9.17) is 0 Å². The maximum Gasteiger partial charge on any atom is 0.345 e. The maximum atomic E-state index is 12.7. The fourth-order valence-corrected chi connectivity index (χ4v) is 3.33. The summed E-state index contributed by atoms with van der Waals surface area (Å²) >= 11 is 0. The number of aromatic amines is 1. The van der Waals surface area contributed by atoms with Gasteiger partial charge in [0.25, 0.3) is 5.91 Å². The van der Waals surface area contributed by atoms with Crippen LogP contribution in [0.2, 0.25) is 0 Å². The summed E-state index contributed by atoms with van der Waals surface area (Å²) in [6.45, 7) is 4.47. The molecule has 24 heavy (non-hydrogen) atoms. The second kappa shape index (κ2) is 6.95. The standard InChI is InChI=1S/C18H22N4O2/c1-12-10-14(7-8-19-12)5-6-15-4-3-9-22(15)17(23)16-11-13(2)20-18(24)21-16/h7-8,10-11,15H,3-6,9H2,1-2H3,(H,20,21,24)/t15-/m0/s1. The third kappa shape index (κ3) is 3.69. The average Bonchev–Trinajstić information content (AvgIpc) is 3.00. The Bertz CT molecular complexity index is 800. The maximum absolute atomic E-state index is 12.7. The first-order chi connectivity index (χ1) is 11.5. The number of nitrogens with zero attached hydrogens (tertiary/aromatic N) is 3. The van der Waals surface area contributed by atoms with E-state index in [-0.39, 0.29) is 17.6 Å². The monoisotopic (exact) mass is 326 g/mol. The molecule has 0 unspecified atom stereocenters. The summed E-state index contributed by atoms with van der Waals surface area (Å²) in [5.74, 6) is -0.141. The van der Waals surface area contributed by atoms with Gasteiger partial charge in [-0.25, -0.2) is 4.79 Å². The van der Waals surface area contributed by atoms with E-state index < -0.39 is 5.69 Å². The van der Waals surface area contributed by atoms with Crippen LogP contribution in [-0.4, -0.2) is 38.3 Å². The van der Waals surface area contributed by atoms with Crippen molar-refractivity contribution in [2.75, 3.05) is 6.54 Å². The van der Waals surface area contributed by atoms with Crippen molar-refractivity contribution in [3.05, 3.63) is 57.5 Å². The predicted molar refractivity (Wildman–Crippen MR) is 90.9 cm³/mol. The molecule has 1 fully saturated rings. The molecule has 0 aliphatic carbocycles. The molecule has 2 aromatic rings. The lowest BCUT2D eigenvalue weighted by Gasteiger charge is -2.24. The van der Waals surface area contributed by atoms with Crippen LogP contribution >= 0.6 is 0 Å². The molecule has 1 atom stereocenters. The third-order valence-electron chi connectivity index (χ3n) is 4.46. The van der Waals surface area contributed by atoms with Gasteiger partial charge in [-0.3, -0.25) is 9.78 Å². The molecule has 3 heterocycles. The number of hydrogen-bond donors (Lipinski definition) is 1. The highest BCUT2D eigenvalue weighted by molar-refractivity contribution is 5.92. The van der Waals surface area contributed by atoms with Crippen molar-refractivity contribution in [3.63, 3.8) is 0 Å². The molecule has 0 aromatic carbocycles. The van der Waals surface area contributed by atoms with Gasteiger partial charge in [0.1, 0.15) is 5.69 Å². The van der Waals surface area contributed by atoms with E-state index in [1.54, 1.807) is 13.0 Å². The summed E-state index contributed by atoms with van der Waals surface area (Å²) in [7, 11) is 0. The Kier molecular flexibility index (Phi) is 4.74. The number of likely N-dealkylation sites (tertiary alicyclic amines) is 1. The number of carbonyl (C=O) groups excluding carboxylic acids is 1. The van der Waals surface area contributed by atoms with E-state index in [1.165, 1.54) is 5.56 Å². The minimum atomic E-state index is -0.471. The van der Waals surface area contributed by atoms with Crippen LogP contribution in [0.3, 0.4) is 0 Å². The van der Waals surface area contributed by atoms with E-state index in [0.29, 0.717) is 5.69 Å². The van der Waals surface area contributed by atoms with E-state index in [2.05, 4.69) is 21.0 Å². The molecule has 6 heteroatoms. The molecule has 0 saturated carbocycles. The number of rotatable bonds is 4. The minimum Gasteiger partial charge on any atom is -0.334 e. The number of amides is 1. The first-order valence-electron chi connectivity index (χ1n) is 8.33. The lowest BCUT2D eigenvalue weighted by atomic mass is 10.0. The Labute approximate surface area is 141 Å². The van der Waals surface area contributed by atoms with Crippen molar-refractivity contribution >= 4 is 5.91 Å². The highest BCUT2D eigenvalue weighted by Crippen LogP contribution is 2.23. The molecule has 126 valence electrons. The number of H-pyrrole nitrogens is 1. The van der Waals surface area contributed by atoms with Gasteiger partial charge in [-0.2, -0.15) is 4.98 Å². The second-order valence-corrected chi connectivity index (χ2v) is 6.39. The third-order valence-corrected chi connectivity index (χ3v) is 4.46. The van der Waals surface area contributed by atoms with Crippen molar-refractivity contribution in [2.24, 2.45) is 0 Å². The number of nitrogens with one attached hydrogen (secondary N) is 1. The van der Waals surface area contributed by atoms with Gasteiger partial charge in [-0.05, 0) is 63.3 Å². The largest absolute Gasteiger partial charge is 0.345 e. The van der Waals surface area contributed by atoms with Crippen molar-refractivity contribution in [1.82, 2.24) is 19.9 Å². The van der Waals surface area contributed by atoms with Crippen molar-refractivity contribution in [2.45, 2.75) is 45.6 Å². The van der Waals surface area contributed by atoms with E-state index in [0.717, 1.165) is 37.9 Å². The van der Waals surface area contributed by atoms with Gasteiger partial charge in [0.15, 0.2) is 0 Å². The number of aromatic nitrogens is 3. The predicted octanol–water partition coefficient (Wildman–Crippen LogP) is 2.02. The molecule has 0 radical (unpaired) electrons. The summed E-state index contributed by atoms with van der Waals surface area (Å²) in [6.07, 6.45) is 5.65. The van der Waals surface area contributed by atoms with Crippen LogP contribution in [0.5, 0.6) is 0 Å².